The molecular weight excluding hydrogens is 490 g/mol. The molecule has 0 aliphatic rings. The van der Waals surface area contributed by atoms with Gasteiger partial charge in [-0.1, -0.05) is 43.6 Å². The zero-order chi connectivity index (χ0) is 26.2. The summed E-state index contributed by atoms with van der Waals surface area (Å²) in [5, 5.41) is 3.21. The highest BCUT2D eigenvalue weighted by atomic mass is 35.5. The average molecular weight is 524 g/mol. The van der Waals surface area contributed by atoms with E-state index in [9.17, 15) is 18.0 Å². The van der Waals surface area contributed by atoms with Gasteiger partial charge in [0.05, 0.1) is 19.1 Å². The molecule has 0 saturated heterocycles. The van der Waals surface area contributed by atoms with Crippen LogP contribution in [0.25, 0.3) is 0 Å². The minimum absolute atomic E-state index is 0.132. The summed E-state index contributed by atoms with van der Waals surface area (Å²) in [6, 6.07) is 11.3. The number of anilines is 1. The number of carbonyl (C=O) groups is 2. The van der Waals surface area contributed by atoms with Crippen molar-refractivity contribution in [3.8, 4) is 5.75 Å². The van der Waals surface area contributed by atoms with Crippen molar-refractivity contribution in [1.29, 1.82) is 0 Å². The lowest BCUT2D eigenvalue weighted by molar-refractivity contribution is -0.140. The Labute approximate surface area is 213 Å². The lowest BCUT2D eigenvalue weighted by Crippen LogP contribution is -2.52. The maximum absolute atomic E-state index is 13.7. The zero-order valence-electron chi connectivity index (χ0n) is 20.9. The summed E-state index contributed by atoms with van der Waals surface area (Å²) in [7, 11) is -2.26. The highest BCUT2D eigenvalue weighted by Gasteiger charge is 2.32. The van der Waals surface area contributed by atoms with Gasteiger partial charge in [0.2, 0.25) is 21.8 Å². The first-order valence-corrected chi connectivity index (χ1v) is 13.7. The van der Waals surface area contributed by atoms with Crippen molar-refractivity contribution < 1.29 is 22.7 Å². The lowest BCUT2D eigenvalue weighted by Gasteiger charge is -2.33. The normalized spacial score (nSPS) is 12.1. The Hall–Kier alpha value is -2.78. The van der Waals surface area contributed by atoms with Crippen LogP contribution in [0, 0.1) is 6.92 Å². The number of ether oxygens (including phenoxy) is 1. The third-order valence-electron chi connectivity index (χ3n) is 5.57. The van der Waals surface area contributed by atoms with E-state index in [1.165, 1.54) is 11.0 Å². The molecular formula is C25H34ClN3O5S. The molecule has 2 aromatic rings. The Balaban J connectivity index is 2.46. The maximum atomic E-state index is 13.7. The zero-order valence-corrected chi connectivity index (χ0v) is 22.4. The predicted octanol–water partition coefficient (Wildman–Crippen LogP) is 3.76. The van der Waals surface area contributed by atoms with Gasteiger partial charge in [-0.3, -0.25) is 13.9 Å². The molecule has 0 saturated carbocycles. The van der Waals surface area contributed by atoms with Crippen LogP contribution in [0.15, 0.2) is 42.5 Å². The van der Waals surface area contributed by atoms with Crippen LogP contribution in [0.5, 0.6) is 5.75 Å². The van der Waals surface area contributed by atoms with Crippen LogP contribution in [0.2, 0.25) is 5.02 Å². The number of rotatable bonds is 12. The summed E-state index contributed by atoms with van der Waals surface area (Å²) < 4.78 is 31.7. The van der Waals surface area contributed by atoms with Crippen LogP contribution in [-0.2, 0) is 26.2 Å². The van der Waals surface area contributed by atoms with E-state index in [1.54, 1.807) is 38.3 Å². The van der Waals surface area contributed by atoms with E-state index in [0.717, 1.165) is 22.5 Å². The molecule has 10 heteroatoms. The number of sulfonamides is 1. The van der Waals surface area contributed by atoms with Gasteiger partial charge >= 0.3 is 0 Å². The lowest BCUT2D eigenvalue weighted by atomic mass is 10.1. The molecule has 0 unspecified atom stereocenters. The Morgan fingerprint density at radius 2 is 1.77 bits per heavy atom. The molecule has 8 nitrogen and oxygen atoms in total. The van der Waals surface area contributed by atoms with Gasteiger partial charge < -0.3 is 15.0 Å². The topological polar surface area (TPSA) is 96.0 Å². The van der Waals surface area contributed by atoms with Gasteiger partial charge in [0.25, 0.3) is 0 Å². The fourth-order valence-electron chi connectivity index (χ4n) is 3.66. The first-order chi connectivity index (χ1) is 16.5. The highest BCUT2D eigenvalue weighted by molar-refractivity contribution is 7.92. The Morgan fingerprint density at radius 3 is 2.31 bits per heavy atom. The number of nitrogens with one attached hydrogen (secondary N) is 1. The maximum Gasteiger partial charge on any atom is 0.244 e. The van der Waals surface area contributed by atoms with Crippen molar-refractivity contribution in [3.63, 3.8) is 0 Å². The molecule has 0 radical (unpaired) electrons. The van der Waals surface area contributed by atoms with E-state index in [1.807, 2.05) is 26.0 Å². The van der Waals surface area contributed by atoms with Crippen LogP contribution in [0.4, 0.5) is 5.69 Å². The standard InChI is InChI=1S/C25H34ClN3O5S/c1-6-14-27-25(31)22(7-2)28(16-19-9-12-21(34-4)13-10-19)24(30)17-29(35(5,32)33)23-15-20(26)11-8-18(23)3/h8-13,15,22H,6-7,14,16-17H2,1-5H3,(H,27,31)/t22-/m1/s1. The largest absolute Gasteiger partial charge is 0.497 e. The van der Waals surface area contributed by atoms with E-state index in [0.29, 0.717) is 35.0 Å². The van der Waals surface area contributed by atoms with E-state index in [2.05, 4.69) is 5.32 Å². The second kappa shape index (κ2) is 12.8. The number of nitrogens with zero attached hydrogens (tertiary/aromatic N) is 2. The van der Waals surface area contributed by atoms with Crippen molar-refractivity contribution in [2.75, 3.05) is 30.8 Å². The van der Waals surface area contributed by atoms with Crippen molar-refractivity contribution in [3.05, 3.63) is 58.6 Å². The SMILES string of the molecule is CCCNC(=O)[C@@H](CC)N(Cc1ccc(OC)cc1)C(=O)CN(c1cc(Cl)ccc1C)S(C)(=O)=O. The van der Waals surface area contributed by atoms with Crippen LogP contribution < -0.4 is 14.4 Å². The Bertz CT molecular complexity index is 1120. The van der Waals surface area contributed by atoms with Gasteiger partial charge in [-0.05, 0) is 55.2 Å². The van der Waals surface area contributed by atoms with Gasteiger partial charge in [-0.2, -0.15) is 0 Å². The molecule has 0 fully saturated rings. The average Bonchev–Trinajstić information content (AvgIpc) is 2.82. The predicted molar refractivity (Wildman–Crippen MR) is 139 cm³/mol. The smallest absolute Gasteiger partial charge is 0.244 e. The summed E-state index contributed by atoms with van der Waals surface area (Å²) in [4.78, 5) is 28.0. The van der Waals surface area contributed by atoms with Gasteiger partial charge in [-0.15, -0.1) is 0 Å². The van der Waals surface area contributed by atoms with Crippen LogP contribution >= 0.6 is 11.6 Å². The molecule has 2 aromatic carbocycles. The Morgan fingerprint density at radius 1 is 1.11 bits per heavy atom. The fraction of sp³-hybridized carbons (Fsp3) is 0.440. The molecule has 0 aromatic heterocycles. The van der Waals surface area contributed by atoms with Crippen LogP contribution in [-0.4, -0.2) is 57.6 Å². The van der Waals surface area contributed by atoms with Crippen molar-refractivity contribution in [2.24, 2.45) is 0 Å². The van der Waals surface area contributed by atoms with E-state index >= 15 is 0 Å². The molecule has 0 heterocycles. The van der Waals surface area contributed by atoms with Crippen LogP contribution in [0.1, 0.15) is 37.8 Å². The monoisotopic (exact) mass is 523 g/mol. The molecule has 0 aliphatic carbocycles. The van der Waals surface area contributed by atoms with Crippen molar-refractivity contribution in [2.45, 2.75) is 46.2 Å². The summed E-state index contributed by atoms with van der Waals surface area (Å²) in [5.41, 5.74) is 1.76. The van der Waals surface area contributed by atoms with E-state index in [-0.39, 0.29) is 12.5 Å². The summed E-state index contributed by atoms with van der Waals surface area (Å²) in [6.45, 7) is 5.66. The minimum atomic E-state index is -3.82. The quantitative estimate of drug-likeness (QED) is 0.457. The molecule has 1 atom stereocenters. The number of carbonyl (C=O) groups excluding carboxylic acids is 2. The second-order valence-electron chi connectivity index (χ2n) is 8.29. The number of hydrogen-bond acceptors (Lipinski definition) is 5. The van der Waals surface area contributed by atoms with Gasteiger partial charge in [-0.25, -0.2) is 8.42 Å². The molecule has 2 rings (SSSR count). The highest BCUT2D eigenvalue weighted by Crippen LogP contribution is 2.27. The molecule has 0 bridgehead atoms. The summed E-state index contributed by atoms with van der Waals surface area (Å²) in [6.07, 6.45) is 2.16. The number of halogens is 1. The van der Waals surface area contributed by atoms with Crippen molar-refractivity contribution >= 4 is 39.1 Å². The molecule has 1 N–H and O–H groups in total. The van der Waals surface area contributed by atoms with Gasteiger partial charge in [0, 0.05) is 18.1 Å². The minimum Gasteiger partial charge on any atom is -0.497 e. The third kappa shape index (κ3) is 7.86. The number of methoxy groups -OCH3 is 1. The first-order valence-electron chi connectivity index (χ1n) is 11.5. The Kier molecular flexibility index (Phi) is 10.4. The molecule has 0 aliphatic heterocycles. The number of amides is 2. The number of hydrogen-bond donors (Lipinski definition) is 1. The molecule has 0 spiro atoms. The molecule has 192 valence electrons. The summed E-state index contributed by atoms with van der Waals surface area (Å²) >= 11 is 6.13. The molecule has 2 amide bonds. The van der Waals surface area contributed by atoms with Gasteiger partial charge in [0.15, 0.2) is 0 Å². The van der Waals surface area contributed by atoms with E-state index < -0.39 is 28.5 Å². The summed E-state index contributed by atoms with van der Waals surface area (Å²) in [5.74, 6) is -0.107. The van der Waals surface area contributed by atoms with E-state index in [4.69, 9.17) is 16.3 Å². The van der Waals surface area contributed by atoms with Crippen LogP contribution in [0.3, 0.4) is 0 Å². The number of aryl methyl sites for hydroxylation is 1. The first kappa shape index (κ1) is 28.5. The fourth-order valence-corrected chi connectivity index (χ4v) is 4.72. The van der Waals surface area contributed by atoms with Crippen molar-refractivity contribution in [1.82, 2.24) is 10.2 Å². The second-order valence-corrected chi connectivity index (χ2v) is 10.6. The van der Waals surface area contributed by atoms with Gasteiger partial charge in [0.1, 0.15) is 18.3 Å². The molecule has 35 heavy (non-hydrogen) atoms. The number of benzene rings is 2. The third-order valence-corrected chi connectivity index (χ3v) is 6.93.